The number of unbranched alkanes of at least 4 members (excludes halogenated alkanes) is 39. The maximum Gasteiger partial charge on any atom is 0.472 e. The molecule has 0 saturated carbocycles. The predicted octanol–water partition coefficient (Wildman–Crippen LogP) is 22.0. The normalized spacial score (nSPS) is 14.1. The summed E-state index contributed by atoms with van der Waals surface area (Å²) in [6.45, 7) is 14.1. The molecule has 0 aliphatic rings. The highest BCUT2D eigenvalue weighted by Gasteiger charge is 2.30. The highest BCUT2D eigenvalue weighted by molar-refractivity contribution is 7.47. The highest BCUT2D eigenvalue weighted by Crippen LogP contribution is 2.45. The van der Waals surface area contributed by atoms with Crippen LogP contribution in [0.4, 0.5) is 0 Å². The molecule has 564 valence electrons. The van der Waals surface area contributed by atoms with Crippen LogP contribution in [0.3, 0.4) is 0 Å². The van der Waals surface area contributed by atoms with E-state index in [0.29, 0.717) is 37.5 Å². The number of phosphoric ester groups is 2. The van der Waals surface area contributed by atoms with Crippen molar-refractivity contribution < 1.29 is 80.2 Å². The molecule has 0 aliphatic heterocycles. The summed E-state index contributed by atoms with van der Waals surface area (Å²) in [6.07, 6.45) is 50.4. The average molecular weight is 1400 g/mol. The van der Waals surface area contributed by atoms with Crippen molar-refractivity contribution in [2.45, 2.75) is 401 Å². The molecule has 0 saturated heterocycles. The first kappa shape index (κ1) is 93.1. The van der Waals surface area contributed by atoms with Gasteiger partial charge in [-0.25, -0.2) is 9.13 Å². The molecule has 0 heterocycles. The minimum Gasteiger partial charge on any atom is -0.462 e. The smallest absolute Gasteiger partial charge is 0.462 e. The number of hydrogen-bond donors (Lipinski definition) is 3. The number of hydrogen-bond acceptors (Lipinski definition) is 15. The van der Waals surface area contributed by atoms with Crippen LogP contribution in [0.2, 0.25) is 0 Å². The topological polar surface area (TPSA) is 237 Å². The van der Waals surface area contributed by atoms with Gasteiger partial charge in [0.05, 0.1) is 26.4 Å². The van der Waals surface area contributed by atoms with E-state index in [2.05, 4.69) is 55.4 Å². The zero-order valence-electron chi connectivity index (χ0n) is 62.3. The van der Waals surface area contributed by atoms with Gasteiger partial charge in [-0.2, -0.15) is 0 Å². The Labute approximate surface area is 581 Å². The maximum absolute atomic E-state index is 13.0. The Kier molecular flexibility index (Phi) is 64.0. The molecule has 3 N–H and O–H groups in total. The number of carbonyl (C=O) groups is 4. The standard InChI is InChI=1S/C76H148O17P2/c1-66(2)52-44-36-28-24-20-16-12-9-10-14-18-22-26-30-42-50-58-75(80)92-71(62-86-73(78)56-48-40-34-32-38-46-54-68(5)6)64-90-94(82,83)88-60-70(77)61-89-95(84,85)91-65-72(63-87-74(79)57-49-41-35-33-39-47-55-69(7)8)93-76(81)59-51-43-31-27-23-19-15-11-13-17-21-25-29-37-45-53-67(3)4/h66-72,77H,9-65H2,1-8H3,(H,82,83)(H,84,85)/t70?,71-,72-/m1/s1. The van der Waals surface area contributed by atoms with Crippen LogP contribution in [0, 0.1) is 23.7 Å². The molecule has 0 aromatic rings. The monoisotopic (exact) mass is 1400 g/mol. The number of carbonyl (C=O) groups excluding carboxylic acids is 4. The molecule has 0 aliphatic carbocycles. The van der Waals surface area contributed by atoms with Crippen molar-refractivity contribution in [3.63, 3.8) is 0 Å². The third-order valence-electron chi connectivity index (χ3n) is 17.6. The Morgan fingerprint density at radius 1 is 0.263 bits per heavy atom. The summed E-state index contributed by atoms with van der Waals surface area (Å²) < 4.78 is 68.4. The molecule has 5 atom stereocenters. The first-order valence-corrected chi connectivity index (χ1v) is 42.2. The summed E-state index contributed by atoms with van der Waals surface area (Å²) in [5, 5.41) is 10.6. The van der Waals surface area contributed by atoms with E-state index in [4.69, 9.17) is 37.0 Å². The third-order valence-corrected chi connectivity index (χ3v) is 19.5. The van der Waals surface area contributed by atoms with E-state index in [1.807, 2.05) is 0 Å². The second-order valence-corrected chi connectivity index (χ2v) is 32.2. The Bertz CT molecular complexity index is 1870. The quantitative estimate of drug-likeness (QED) is 0.0222. The minimum absolute atomic E-state index is 0.106. The van der Waals surface area contributed by atoms with Crippen molar-refractivity contribution in [2.75, 3.05) is 39.6 Å². The van der Waals surface area contributed by atoms with Crippen LogP contribution < -0.4 is 0 Å². The van der Waals surface area contributed by atoms with Gasteiger partial charge in [-0.1, -0.05) is 331 Å². The lowest BCUT2D eigenvalue weighted by atomic mass is 10.0. The highest BCUT2D eigenvalue weighted by atomic mass is 31.2. The van der Waals surface area contributed by atoms with Crippen LogP contribution >= 0.6 is 15.6 Å². The van der Waals surface area contributed by atoms with Crippen molar-refractivity contribution in [1.82, 2.24) is 0 Å². The van der Waals surface area contributed by atoms with Crippen molar-refractivity contribution in [3.8, 4) is 0 Å². The molecule has 0 rings (SSSR count). The van der Waals surface area contributed by atoms with Gasteiger partial charge in [-0.3, -0.25) is 37.3 Å². The van der Waals surface area contributed by atoms with E-state index in [-0.39, 0.29) is 25.7 Å². The molecule has 95 heavy (non-hydrogen) atoms. The van der Waals surface area contributed by atoms with Crippen LogP contribution in [0.25, 0.3) is 0 Å². The Morgan fingerprint density at radius 2 is 0.442 bits per heavy atom. The van der Waals surface area contributed by atoms with E-state index in [1.54, 1.807) is 0 Å². The van der Waals surface area contributed by atoms with Gasteiger partial charge in [0.25, 0.3) is 0 Å². The lowest BCUT2D eigenvalue weighted by Gasteiger charge is -2.21. The molecule has 0 radical (unpaired) electrons. The molecular weight excluding hydrogens is 1250 g/mol. The van der Waals surface area contributed by atoms with Crippen LogP contribution in [-0.4, -0.2) is 96.7 Å². The molecule has 0 aromatic carbocycles. The van der Waals surface area contributed by atoms with Gasteiger partial charge in [0.15, 0.2) is 12.2 Å². The summed E-state index contributed by atoms with van der Waals surface area (Å²) >= 11 is 0. The molecule has 0 fully saturated rings. The van der Waals surface area contributed by atoms with Crippen molar-refractivity contribution in [2.24, 2.45) is 23.7 Å². The van der Waals surface area contributed by atoms with Crippen LogP contribution in [0.1, 0.15) is 383 Å². The van der Waals surface area contributed by atoms with Gasteiger partial charge in [-0.05, 0) is 49.4 Å². The second kappa shape index (κ2) is 65.4. The number of esters is 4. The van der Waals surface area contributed by atoms with Crippen molar-refractivity contribution >= 4 is 39.5 Å². The van der Waals surface area contributed by atoms with Gasteiger partial charge >= 0.3 is 39.5 Å². The average Bonchev–Trinajstić information content (AvgIpc) is 1.68. The fourth-order valence-electron chi connectivity index (χ4n) is 11.6. The number of phosphoric acid groups is 2. The number of aliphatic hydroxyl groups excluding tert-OH is 1. The number of ether oxygens (including phenoxy) is 4. The van der Waals surface area contributed by atoms with Gasteiger partial charge in [0.1, 0.15) is 19.3 Å². The lowest BCUT2D eigenvalue weighted by molar-refractivity contribution is -0.161. The zero-order chi connectivity index (χ0) is 70.3. The molecule has 0 bridgehead atoms. The summed E-state index contributed by atoms with van der Waals surface area (Å²) in [6, 6.07) is 0. The first-order valence-electron chi connectivity index (χ1n) is 39.2. The summed E-state index contributed by atoms with van der Waals surface area (Å²) in [7, 11) is -9.91. The van der Waals surface area contributed by atoms with Crippen molar-refractivity contribution in [3.05, 3.63) is 0 Å². The second-order valence-electron chi connectivity index (χ2n) is 29.3. The van der Waals surface area contributed by atoms with Crippen LogP contribution in [-0.2, 0) is 65.4 Å². The maximum atomic E-state index is 13.0. The van der Waals surface area contributed by atoms with Crippen LogP contribution in [0.5, 0.6) is 0 Å². The van der Waals surface area contributed by atoms with E-state index in [9.17, 15) is 43.2 Å². The largest absolute Gasteiger partial charge is 0.472 e. The molecule has 17 nitrogen and oxygen atoms in total. The SMILES string of the molecule is CC(C)CCCCCCCCCCCCCCCCCCC(=O)O[C@H](COC(=O)CCCCCCCCC(C)C)COP(=O)(O)OCC(O)COP(=O)(O)OC[C@@H](COC(=O)CCCCCCCCC(C)C)OC(=O)CCCCCCCCCCCCCCCCCC(C)C. The van der Waals surface area contributed by atoms with Crippen LogP contribution in [0.15, 0.2) is 0 Å². The third kappa shape index (κ3) is 70.3. The van der Waals surface area contributed by atoms with Gasteiger partial charge < -0.3 is 33.8 Å². The molecule has 3 unspecified atom stereocenters. The molecule has 19 heteroatoms. The van der Waals surface area contributed by atoms with E-state index >= 15 is 0 Å². The lowest BCUT2D eigenvalue weighted by Crippen LogP contribution is -2.30. The molecule has 0 aromatic heterocycles. The first-order chi connectivity index (χ1) is 45.6. The summed E-state index contributed by atoms with van der Waals surface area (Å²) in [4.78, 5) is 72.7. The Balaban J connectivity index is 5.16. The molecule has 0 amide bonds. The predicted molar refractivity (Wildman–Crippen MR) is 386 cm³/mol. The fraction of sp³-hybridized carbons (Fsp3) is 0.947. The number of rotatable bonds is 73. The van der Waals surface area contributed by atoms with Gasteiger partial charge in [0, 0.05) is 25.7 Å². The fourth-order valence-corrected chi connectivity index (χ4v) is 13.1. The minimum atomic E-state index is -4.96. The molecule has 0 spiro atoms. The zero-order valence-corrected chi connectivity index (χ0v) is 64.1. The Hall–Kier alpha value is -1.94. The van der Waals surface area contributed by atoms with E-state index < -0.39 is 97.5 Å². The van der Waals surface area contributed by atoms with Crippen molar-refractivity contribution in [1.29, 1.82) is 0 Å². The summed E-state index contributed by atoms with van der Waals surface area (Å²) in [5.74, 6) is 0.845. The van der Waals surface area contributed by atoms with Gasteiger partial charge in [0.2, 0.25) is 0 Å². The Morgan fingerprint density at radius 3 is 0.653 bits per heavy atom. The van der Waals surface area contributed by atoms with E-state index in [1.165, 1.54) is 173 Å². The molecular formula is C76H148O17P2. The number of aliphatic hydroxyl groups is 1. The summed E-state index contributed by atoms with van der Waals surface area (Å²) in [5.41, 5.74) is 0. The van der Waals surface area contributed by atoms with Gasteiger partial charge in [-0.15, -0.1) is 0 Å². The van der Waals surface area contributed by atoms with E-state index in [0.717, 1.165) is 115 Å².